The fraction of sp³-hybridized carbons (Fsp3) is 0.588. The van der Waals surface area contributed by atoms with E-state index in [2.05, 4.69) is 0 Å². The van der Waals surface area contributed by atoms with Gasteiger partial charge in [0.15, 0.2) is 0 Å². The van der Waals surface area contributed by atoms with Gasteiger partial charge >= 0.3 is 0 Å². The van der Waals surface area contributed by atoms with Crippen LogP contribution in [0.4, 0.5) is 4.39 Å². The van der Waals surface area contributed by atoms with Gasteiger partial charge < -0.3 is 10.6 Å². The van der Waals surface area contributed by atoms with E-state index in [1.807, 2.05) is 4.90 Å². The summed E-state index contributed by atoms with van der Waals surface area (Å²) in [5.74, 6) is 0.739. The highest BCUT2D eigenvalue weighted by molar-refractivity contribution is 5.79. The van der Waals surface area contributed by atoms with Gasteiger partial charge in [0.2, 0.25) is 5.91 Å². The van der Waals surface area contributed by atoms with Gasteiger partial charge in [-0.3, -0.25) is 4.79 Å². The molecule has 0 saturated heterocycles. The Morgan fingerprint density at radius 1 is 1.19 bits per heavy atom. The number of amides is 1. The molecule has 1 aromatic carbocycles. The third-order valence-corrected chi connectivity index (χ3v) is 4.60. The van der Waals surface area contributed by atoms with Crippen LogP contribution in [0.25, 0.3) is 0 Å². The van der Waals surface area contributed by atoms with E-state index in [0.717, 1.165) is 31.4 Å². The predicted octanol–water partition coefficient (Wildman–Crippen LogP) is 2.69. The minimum atomic E-state index is -0.236. The minimum Gasteiger partial charge on any atom is -0.338 e. The van der Waals surface area contributed by atoms with Gasteiger partial charge in [-0.15, -0.1) is 0 Å². The molecule has 2 aliphatic rings. The van der Waals surface area contributed by atoms with Crippen LogP contribution in [-0.4, -0.2) is 23.4 Å². The molecule has 4 heteroatoms. The molecule has 1 amide bonds. The lowest BCUT2D eigenvalue weighted by molar-refractivity contribution is -0.136. The Hall–Kier alpha value is -1.42. The number of halogens is 1. The summed E-state index contributed by atoms with van der Waals surface area (Å²) in [6, 6.07) is 6.63. The zero-order chi connectivity index (χ0) is 14.8. The van der Waals surface area contributed by atoms with Crippen LogP contribution in [0.2, 0.25) is 0 Å². The summed E-state index contributed by atoms with van der Waals surface area (Å²) in [4.78, 5) is 14.7. The van der Waals surface area contributed by atoms with Crippen molar-refractivity contribution in [2.24, 2.45) is 17.6 Å². The molecule has 2 atom stereocenters. The number of hydrogen-bond acceptors (Lipinski definition) is 2. The number of nitrogens with zero attached hydrogens (tertiary/aromatic N) is 1. The number of rotatable bonds is 5. The molecular weight excluding hydrogens is 267 g/mol. The van der Waals surface area contributed by atoms with E-state index in [1.54, 1.807) is 12.1 Å². The number of hydrogen-bond donors (Lipinski definition) is 1. The summed E-state index contributed by atoms with van der Waals surface area (Å²) < 4.78 is 13.0. The van der Waals surface area contributed by atoms with E-state index >= 15 is 0 Å². The lowest BCUT2D eigenvalue weighted by atomic mass is 10.1. The molecule has 2 unspecified atom stereocenters. The number of benzene rings is 1. The van der Waals surface area contributed by atoms with Gasteiger partial charge in [0, 0.05) is 25.0 Å². The van der Waals surface area contributed by atoms with Crippen LogP contribution in [-0.2, 0) is 11.3 Å². The molecule has 2 fully saturated rings. The molecule has 0 spiro atoms. The fourth-order valence-electron chi connectivity index (χ4n) is 3.15. The van der Waals surface area contributed by atoms with Gasteiger partial charge in [0.05, 0.1) is 0 Å². The molecule has 3 rings (SSSR count). The Morgan fingerprint density at radius 3 is 2.48 bits per heavy atom. The smallest absolute Gasteiger partial charge is 0.226 e. The van der Waals surface area contributed by atoms with Gasteiger partial charge in [-0.05, 0) is 55.7 Å². The molecule has 21 heavy (non-hydrogen) atoms. The number of nitrogens with two attached hydrogens (primary N) is 1. The van der Waals surface area contributed by atoms with Crippen molar-refractivity contribution in [3.63, 3.8) is 0 Å². The maximum atomic E-state index is 13.0. The lowest BCUT2D eigenvalue weighted by Gasteiger charge is -2.26. The van der Waals surface area contributed by atoms with Crippen LogP contribution >= 0.6 is 0 Å². The van der Waals surface area contributed by atoms with E-state index in [0.29, 0.717) is 12.5 Å². The second kappa shape index (κ2) is 6.14. The second-order valence-electron chi connectivity index (χ2n) is 6.56. The second-order valence-corrected chi connectivity index (χ2v) is 6.56. The Kier molecular flexibility index (Phi) is 4.24. The van der Waals surface area contributed by atoms with Crippen molar-refractivity contribution in [1.29, 1.82) is 0 Å². The van der Waals surface area contributed by atoms with Crippen molar-refractivity contribution in [1.82, 2.24) is 4.90 Å². The fourth-order valence-corrected chi connectivity index (χ4v) is 3.15. The SMILES string of the molecule is NC1CCC(C(=O)N(Cc2ccc(F)cc2)CC2CC2)C1. The topological polar surface area (TPSA) is 46.3 Å². The Bertz CT molecular complexity index is 498. The first kappa shape index (κ1) is 14.5. The first-order valence-electron chi connectivity index (χ1n) is 7.90. The van der Waals surface area contributed by atoms with Gasteiger partial charge in [-0.1, -0.05) is 12.1 Å². The highest BCUT2D eigenvalue weighted by atomic mass is 19.1. The summed E-state index contributed by atoms with van der Waals surface area (Å²) in [5.41, 5.74) is 6.93. The summed E-state index contributed by atoms with van der Waals surface area (Å²) in [6.07, 6.45) is 5.10. The van der Waals surface area contributed by atoms with Gasteiger partial charge in [-0.25, -0.2) is 4.39 Å². The monoisotopic (exact) mass is 290 g/mol. The molecule has 3 nitrogen and oxygen atoms in total. The van der Waals surface area contributed by atoms with E-state index in [-0.39, 0.29) is 23.7 Å². The zero-order valence-corrected chi connectivity index (χ0v) is 12.3. The lowest BCUT2D eigenvalue weighted by Crippen LogP contribution is -2.37. The third kappa shape index (κ3) is 3.82. The summed E-state index contributed by atoms with van der Waals surface area (Å²) in [6.45, 7) is 1.42. The third-order valence-electron chi connectivity index (χ3n) is 4.60. The Morgan fingerprint density at radius 2 is 1.90 bits per heavy atom. The molecule has 0 bridgehead atoms. The predicted molar refractivity (Wildman–Crippen MR) is 79.9 cm³/mol. The van der Waals surface area contributed by atoms with E-state index in [4.69, 9.17) is 5.73 Å². The van der Waals surface area contributed by atoms with Crippen LogP contribution in [0.1, 0.15) is 37.7 Å². The van der Waals surface area contributed by atoms with Crippen molar-refractivity contribution in [3.8, 4) is 0 Å². The molecule has 2 saturated carbocycles. The van der Waals surface area contributed by atoms with Crippen LogP contribution in [0.15, 0.2) is 24.3 Å². The maximum absolute atomic E-state index is 13.0. The van der Waals surface area contributed by atoms with E-state index in [9.17, 15) is 9.18 Å². The first-order valence-corrected chi connectivity index (χ1v) is 7.90. The summed E-state index contributed by atoms with van der Waals surface area (Å²) in [7, 11) is 0. The highest BCUT2D eigenvalue weighted by Crippen LogP contribution is 2.32. The summed E-state index contributed by atoms with van der Waals surface area (Å²) in [5, 5.41) is 0. The first-order chi connectivity index (χ1) is 10.1. The van der Waals surface area contributed by atoms with Crippen molar-refractivity contribution >= 4 is 5.91 Å². The van der Waals surface area contributed by atoms with Crippen LogP contribution in [0.5, 0.6) is 0 Å². The molecule has 0 radical (unpaired) electrons. The van der Waals surface area contributed by atoms with Gasteiger partial charge in [0.25, 0.3) is 0 Å². The minimum absolute atomic E-state index is 0.0826. The molecule has 0 heterocycles. The Labute approximate surface area is 125 Å². The van der Waals surface area contributed by atoms with Crippen LogP contribution in [0, 0.1) is 17.7 Å². The van der Waals surface area contributed by atoms with Crippen molar-refractivity contribution in [3.05, 3.63) is 35.6 Å². The average Bonchev–Trinajstić information content (AvgIpc) is 3.19. The molecule has 1 aromatic rings. The van der Waals surface area contributed by atoms with E-state index in [1.165, 1.54) is 25.0 Å². The van der Waals surface area contributed by atoms with E-state index < -0.39 is 0 Å². The molecule has 0 aromatic heterocycles. The van der Waals surface area contributed by atoms with Crippen molar-refractivity contribution in [2.75, 3.05) is 6.54 Å². The molecule has 114 valence electrons. The zero-order valence-electron chi connectivity index (χ0n) is 12.3. The van der Waals surface area contributed by atoms with Gasteiger partial charge in [-0.2, -0.15) is 0 Å². The van der Waals surface area contributed by atoms with Crippen molar-refractivity contribution < 1.29 is 9.18 Å². The maximum Gasteiger partial charge on any atom is 0.226 e. The number of carbonyl (C=O) groups excluding carboxylic acids is 1. The van der Waals surface area contributed by atoms with Gasteiger partial charge in [0.1, 0.15) is 5.82 Å². The quantitative estimate of drug-likeness (QED) is 0.906. The molecular formula is C17H23FN2O. The molecule has 0 aliphatic heterocycles. The standard InChI is InChI=1S/C17H23FN2O/c18-15-6-3-13(4-7-15)11-20(10-12-1-2-12)17(21)14-5-8-16(19)9-14/h3-4,6-7,12,14,16H,1-2,5,8-11,19H2. The molecule has 2 N–H and O–H groups in total. The average molecular weight is 290 g/mol. The highest BCUT2D eigenvalue weighted by Gasteiger charge is 2.33. The Balaban J connectivity index is 1.67. The number of carbonyl (C=O) groups is 1. The van der Waals surface area contributed by atoms with Crippen molar-refractivity contribution in [2.45, 2.75) is 44.7 Å². The van der Waals surface area contributed by atoms with Crippen LogP contribution in [0.3, 0.4) is 0 Å². The summed E-state index contributed by atoms with van der Waals surface area (Å²) >= 11 is 0. The largest absolute Gasteiger partial charge is 0.338 e. The molecule has 2 aliphatic carbocycles. The normalized spacial score (nSPS) is 25.0. The van der Waals surface area contributed by atoms with Crippen LogP contribution < -0.4 is 5.73 Å².